The number of hydrogen-bond acceptors (Lipinski definition) is 3. The number of halogens is 3. The molecule has 8 heteroatoms. The molecule has 0 saturated heterocycles. The maximum atomic E-state index is 13.7. The van der Waals surface area contributed by atoms with Gasteiger partial charge in [-0.05, 0) is 55.8 Å². The molecule has 0 aromatic heterocycles. The summed E-state index contributed by atoms with van der Waals surface area (Å²) in [5.74, 6) is -1.42. The van der Waals surface area contributed by atoms with Crippen LogP contribution in [0.5, 0.6) is 0 Å². The normalized spacial score (nSPS) is 13.1. The lowest BCUT2D eigenvalue weighted by Gasteiger charge is -2.21. The van der Waals surface area contributed by atoms with E-state index in [1.165, 1.54) is 24.3 Å². The zero-order chi connectivity index (χ0) is 19.4. The maximum absolute atomic E-state index is 13.7. The van der Waals surface area contributed by atoms with Crippen molar-refractivity contribution in [3.05, 3.63) is 63.4 Å². The second kappa shape index (κ2) is 8.49. The van der Waals surface area contributed by atoms with E-state index in [-0.39, 0.29) is 17.0 Å². The zero-order valence-electron chi connectivity index (χ0n) is 14.1. The minimum Gasteiger partial charge on any atom is -0.366 e. The highest BCUT2D eigenvalue weighted by molar-refractivity contribution is 6.35. The van der Waals surface area contributed by atoms with Crippen LogP contribution in [0.4, 0.5) is 10.1 Å². The van der Waals surface area contributed by atoms with Gasteiger partial charge < -0.3 is 11.1 Å². The van der Waals surface area contributed by atoms with E-state index in [1.54, 1.807) is 26.0 Å². The molecule has 0 spiro atoms. The topological polar surface area (TPSA) is 84.2 Å². The van der Waals surface area contributed by atoms with E-state index in [0.717, 1.165) is 0 Å². The molecule has 4 N–H and O–H groups in total. The molecule has 0 saturated carbocycles. The monoisotopic (exact) mass is 397 g/mol. The number of nitrogens with one attached hydrogen (secondary N) is 2. The van der Waals surface area contributed by atoms with Gasteiger partial charge in [0.1, 0.15) is 5.82 Å². The second-order valence-corrected chi connectivity index (χ2v) is 6.64. The third-order valence-corrected chi connectivity index (χ3v) is 4.45. The van der Waals surface area contributed by atoms with Crippen LogP contribution in [0.1, 0.15) is 35.8 Å². The minimum atomic E-state index is -0.587. The predicted octanol–water partition coefficient (Wildman–Crippen LogP) is 3.91. The first-order valence-corrected chi connectivity index (χ1v) is 8.56. The van der Waals surface area contributed by atoms with Gasteiger partial charge in [-0.25, -0.2) is 4.39 Å². The summed E-state index contributed by atoms with van der Waals surface area (Å²) in [5, 5.41) is 6.02. The van der Waals surface area contributed by atoms with Crippen molar-refractivity contribution in [2.75, 3.05) is 5.32 Å². The molecular formula is C18H18Cl2FN3O2. The highest BCUT2D eigenvalue weighted by atomic mass is 35.5. The van der Waals surface area contributed by atoms with E-state index < -0.39 is 17.8 Å². The molecule has 0 fully saturated rings. The van der Waals surface area contributed by atoms with Gasteiger partial charge in [0.25, 0.3) is 0 Å². The Morgan fingerprint density at radius 1 is 1.08 bits per heavy atom. The Balaban J connectivity index is 2.02. The molecule has 2 atom stereocenters. The van der Waals surface area contributed by atoms with Gasteiger partial charge in [0.15, 0.2) is 0 Å². The summed E-state index contributed by atoms with van der Waals surface area (Å²) in [6.45, 7) is 3.43. The lowest BCUT2D eigenvalue weighted by Crippen LogP contribution is -2.39. The molecule has 0 aliphatic carbocycles. The van der Waals surface area contributed by atoms with Crippen molar-refractivity contribution in [3.8, 4) is 0 Å². The summed E-state index contributed by atoms with van der Waals surface area (Å²) >= 11 is 11.8. The van der Waals surface area contributed by atoms with Crippen LogP contribution in [-0.4, -0.2) is 17.9 Å². The Labute approximate surface area is 160 Å². The van der Waals surface area contributed by atoms with Gasteiger partial charge in [0.05, 0.1) is 11.1 Å². The largest absolute Gasteiger partial charge is 0.366 e. The lowest BCUT2D eigenvalue weighted by molar-refractivity contribution is -0.117. The number of amides is 2. The van der Waals surface area contributed by atoms with Crippen molar-refractivity contribution in [3.63, 3.8) is 0 Å². The van der Waals surface area contributed by atoms with Crippen molar-refractivity contribution >= 4 is 40.7 Å². The van der Waals surface area contributed by atoms with Gasteiger partial charge in [0.2, 0.25) is 11.8 Å². The summed E-state index contributed by atoms with van der Waals surface area (Å²) < 4.78 is 13.7. The van der Waals surface area contributed by atoms with Crippen LogP contribution in [-0.2, 0) is 4.79 Å². The van der Waals surface area contributed by atoms with Gasteiger partial charge in [-0.2, -0.15) is 0 Å². The number of anilines is 1. The second-order valence-electron chi connectivity index (χ2n) is 5.83. The average molecular weight is 398 g/mol. The Bertz CT molecular complexity index is 828. The molecule has 0 aliphatic heterocycles. The molecule has 2 amide bonds. The molecule has 26 heavy (non-hydrogen) atoms. The third-order valence-electron chi connectivity index (χ3n) is 3.84. The Hall–Kier alpha value is -2.15. The average Bonchev–Trinajstić information content (AvgIpc) is 2.58. The van der Waals surface area contributed by atoms with E-state index >= 15 is 0 Å². The Kier molecular flexibility index (Phi) is 6.58. The fourth-order valence-corrected chi connectivity index (χ4v) is 2.93. The molecule has 0 unspecified atom stereocenters. The number of carbonyl (C=O) groups is 2. The van der Waals surface area contributed by atoms with Crippen molar-refractivity contribution in [1.29, 1.82) is 0 Å². The first kappa shape index (κ1) is 20.2. The quantitative estimate of drug-likeness (QED) is 0.645. The van der Waals surface area contributed by atoms with Gasteiger partial charge in [-0.15, -0.1) is 0 Å². The molecule has 0 aliphatic rings. The maximum Gasteiger partial charge on any atom is 0.248 e. The van der Waals surface area contributed by atoms with E-state index in [4.69, 9.17) is 28.9 Å². The van der Waals surface area contributed by atoms with E-state index in [1.807, 2.05) is 0 Å². The fraction of sp³-hybridized carbons (Fsp3) is 0.222. The van der Waals surface area contributed by atoms with E-state index in [0.29, 0.717) is 21.8 Å². The number of hydrogen-bond donors (Lipinski definition) is 3. The SMILES string of the molecule is C[C@H](N[C@H](C)C(=O)Nc1ccc(C(N)=O)cc1)c1cc(F)c(Cl)cc1Cl. The van der Waals surface area contributed by atoms with Crippen LogP contribution in [0.3, 0.4) is 0 Å². The number of rotatable bonds is 6. The zero-order valence-corrected chi connectivity index (χ0v) is 15.7. The van der Waals surface area contributed by atoms with Crippen molar-refractivity contribution < 1.29 is 14.0 Å². The first-order valence-electron chi connectivity index (χ1n) is 7.80. The molecule has 138 valence electrons. The molecule has 2 aromatic rings. The summed E-state index contributed by atoms with van der Waals surface area (Å²) in [4.78, 5) is 23.4. The highest BCUT2D eigenvalue weighted by Crippen LogP contribution is 2.28. The molecule has 2 aromatic carbocycles. The van der Waals surface area contributed by atoms with Crippen LogP contribution in [0.15, 0.2) is 36.4 Å². The number of primary amides is 1. The summed E-state index contributed by atoms with van der Waals surface area (Å²) in [6, 6.07) is 7.82. The standard InChI is InChI=1S/C18H18Cl2FN3O2/c1-9(13-7-16(21)15(20)8-14(13)19)23-10(2)18(26)24-12-5-3-11(4-6-12)17(22)25/h3-10,23H,1-2H3,(H2,22,25)(H,24,26)/t9-,10+/m0/s1. The molecule has 0 radical (unpaired) electrons. The summed E-state index contributed by atoms with van der Waals surface area (Å²) in [6.07, 6.45) is 0. The predicted molar refractivity (Wildman–Crippen MR) is 101 cm³/mol. The molecule has 0 heterocycles. The molecule has 5 nitrogen and oxygen atoms in total. The molecule has 0 bridgehead atoms. The van der Waals surface area contributed by atoms with Crippen LogP contribution in [0.25, 0.3) is 0 Å². The Morgan fingerprint density at radius 3 is 2.27 bits per heavy atom. The van der Waals surface area contributed by atoms with Crippen LogP contribution in [0.2, 0.25) is 10.0 Å². The molecular weight excluding hydrogens is 380 g/mol. The summed E-state index contributed by atoms with van der Waals surface area (Å²) in [5.41, 5.74) is 6.55. The third kappa shape index (κ3) is 4.94. The van der Waals surface area contributed by atoms with Gasteiger partial charge in [-0.3, -0.25) is 14.9 Å². The van der Waals surface area contributed by atoms with Gasteiger partial charge in [-0.1, -0.05) is 23.2 Å². The molecule has 2 rings (SSSR count). The van der Waals surface area contributed by atoms with Crippen molar-refractivity contribution in [2.45, 2.75) is 25.9 Å². The summed E-state index contributed by atoms with van der Waals surface area (Å²) in [7, 11) is 0. The lowest BCUT2D eigenvalue weighted by atomic mass is 10.1. The van der Waals surface area contributed by atoms with E-state index in [2.05, 4.69) is 10.6 Å². The number of nitrogens with two attached hydrogens (primary N) is 1. The van der Waals surface area contributed by atoms with Crippen molar-refractivity contribution in [2.24, 2.45) is 5.73 Å². The van der Waals surface area contributed by atoms with Crippen LogP contribution in [0, 0.1) is 5.82 Å². The first-order chi connectivity index (χ1) is 12.2. The number of benzene rings is 2. The van der Waals surface area contributed by atoms with E-state index in [9.17, 15) is 14.0 Å². The minimum absolute atomic E-state index is 0.0591. The Morgan fingerprint density at radius 2 is 1.69 bits per heavy atom. The van der Waals surface area contributed by atoms with Gasteiger partial charge in [0, 0.05) is 22.3 Å². The van der Waals surface area contributed by atoms with Crippen molar-refractivity contribution in [1.82, 2.24) is 5.32 Å². The number of carbonyl (C=O) groups excluding carboxylic acids is 2. The fourth-order valence-electron chi connectivity index (χ4n) is 2.38. The smallest absolute Gasteiger partial charge is 0.248 e. The van der Waals surface area contributed by atoms with Crippen LogP contribution < -0.4 is 16.4 Å². The highest BCUT2D eigenvalue weighted by Gasteiger charge is 2.19. The van der Waals surface area contributed by atoms with Gasteiger partial charge >= 0.3 is 0 Å². The van der Waals surface area contributed by atoms with Crippen LogP contribution >= 0.6 is 23.2 Å².